The molecular weight excluding hydrogens is 315 g/mol. The Morgan fingerprint density at radius 1 is 1.43 bits per heavy atom. The predicted octanol–water partition coefficient (Wildman–Crippen LogP) is 4.27. The fourth-order valence-corrected chi connectivity index (χ4v) is 5.30. The number of allylic oxidation sites excluding steroid dienone is 1. The molecule has 5 heteroatoms. The Labute approximate surface area is 139 Å². The van der Waals surface area contributed by atoms with E-state index in [4.69, 9.17) is 0 Å². The van der Waals surface area contributed by atoms with E-state index in [1.807, 2.05) is 0 Å². The van der Waals surface area contributed by atoms with Gasteiger partial charge >= 0.3 is 5.97 Å². The molecule has 0 amide bonds. The number of carboxylic acid groups (broad SMARTS) is 1. The number of rotatable bonds is 3. The Bertz CT molecular complexity index is 681. The summed E-state index contributed by atoms with van der Waals surface area (Å²) < 4.78 is 13.4. The summed E-state index contributed by atoms with van der Waals surface area (Å²) in [6.07, 6.45) is 2.75. The van der Waals surface area contributed by atoms with Crippen LogP contribution in [-0.4, -0.2) is 16.2 Å². The van der Waals surface area contributed by atoms with Gasteiger partial charge in [0.25, 0.3) is 0 Å². The fourth-order valence-electron chi connectivity index (χ4n) is 3.65. The number of benzene rings is 1. The largest absolute Gasteiger partial charge is 0.481 e. The van der Waals surface area contributed by atoms with Gasteiger partial charge in [0.2, 0.25) is 0 Å². The van der Waals surface area contributed by atoms with Crippen molar-refractivity contribution in [3.05, 3.63) is 45.6 Å². The molecule has 2 unspecified atom stereocenters. The average Bonchev–Trinajstić information content (AvgIpc) is 2.84. The van der Waals surface area contributed by atoms with Crippen LogP contribution in [0.4, 0.5) is 4.39 Å². The van der Waals surface area contributed by atoms with Crippen LogP contribution in [-0.2, 0) is 11.4 Å². The number of hydrogen-bond donors (Lipinski definition) is 2. The Morgan fingerprint density at radius 3 is 2.83 bits per heavy atom. The second-order valence-corrected chi connectivity index (χ2v) is 8.38. The van der Waals surface area contributed by atoms with E-state index >= 15 is 0 Å². The summed E-state index contributed by atoms with van der Waals surface area (Å²) in [5.41, 5.74) is 2.35. The Hall–Kier alpha value is -1.33. The molecule has 2 atom stereocenters. The lowest BCUT2D eigenvalue weighted by Gasteiger charge is -2.31. The van der Waals surface area contributed by atoms with Gasteiger partial charge in [0.05, 0.1) is 17.8 Å². The van der Waals surface area contributed by atoms with Gasteiger partial charge in [0.1, 0.15) is 5.82 Å². The maximum absolute atomic E-state index is 13.4. The number of hydrogen-bond acceptors (Lipinski definition) is 3. The molecule has 2 N–H and O–H groups in total. The van der Waals surface area contributed by atoms with E-state index in [9.17, 15) is 19.4 Å². The molecule has 1 aromatic carbocycles. The highest BCUT2D eigenvalue weighted by atomic mass is 32.2. The lowest BCUT2D eigenvalue weighted by molar-refractivity contribution is -0.140. The Morgan fingerprint density at radius 2 is 2.17 bits per heavy atom. The third-order valence-electron chi connectivity index (χ3n) is 4.85. The normalized spacial score (nSPS) is 26.3. The van der Waals surface area contributed by atoms with Crippen LogP contribution in [0.15, 0.2) is 28.7 Å². The molecule has 1 aliphatic heterocycles. The summed E-state index contributed by atoms with van der Waals surface area (Å²) in [4.78, 5) is 13.1. The molecule has 0 radical (unpaired) electrons. The van der Waals surface area contributed by atoms with Gasteiger partial charge in [-0.25, -0.2) is 4.39 Å². The van der Waals surface area contributed by atoms with Gasteiger partial charge in [-0.05, 0) is 58.4 Å². The quantitative estimate of drug-likeness (QED) is 0.865. The number of halogens is 1. The highest BCUT2D eigenvalue weighted by molar-refractivity contribution is 8.03. The number of carboxylic acids is 1. The first-order valence-electron chi connectivity index (χ1n) is 7.83. The lowest BCUT2D eigenvalue weighted by Crippen LogP contribution is -2.25. The van der Waals surface area contributed by atoms with E-state index in [0.29, 0.717) is 5.56 Å². The SMILES string of the molecule is CC1(C)CCC2=C(C1)C(C(=O)O)C(c1ccc(F)cc1CO)S2. The summed E-state index contributed by atoms with van der Waals surface area (Å²) in [7, 11) is 0. The van der Waals surface area contributed by atoms with E-state index < -0.39 is 17.7 Å². The van der Waals surface area contributed by atoms with Crippen molar-refractivity contribution in [1.29, 1.82) is 0 Å². The molecule has 3 nitrogen and oxygen atoms in total. The molecular formula is C18H21FO3S. The molecule has 124 valence electrons. The van der Waals surface area contributed by atoms with E-state index in [2.05, 4.69) is 13.8 Å². The molecule has 0 fully saturated rings. The summed E-state index contributed by atoms with van der Waals surface area (Å²) in [6, 6.07) is 4.27. The Kier molecular flexibility index (Phi) is 4.27. The first-order valence-corrected chi connectivity index (χ1v) is 8.71. The zero-order valence-electron chi connectivity index (χ0n) is 13.3. The van der Waals surface area contributed by atoms with Gasteiger partial charge in [-0.1, -0.05) is 19.9 Å². The first kappa shape index (κ1) is 16.5. The maximum Gasteiger partial charge on any atom is 0.312 e. The van der Waals surface area contributed by atoms with Crippen molar-refractivity contribution < 1.29 is 19.4 Å². The number of thioether (sulfide) groups is 1. The van der Waals surface area contributed by atoms with E-state index in [1.54, 1.807) is 17.8 Å². The standard InChI is InChI=1S/C18H21FO3S/c1-18(2)6-5-14-13(8-18)15(17(21)22)16(23-14)12-4-3-11(19)7-10(12)9-20/h3-4,7,15-16,20H,5-6,8-9H2,1-2H3,(H,21,22). The second-order valence-electron chi connectivity index (χ2n) is 7.15. The highest BCUT2D eigenvalue weighted by Gasteiger charge is 2.45. The van der Waals surface area contributed by atoms with Crippen molar-refractivity contribution in [2.45, 2.75) is 45.0 Å². The Balaban J connectivity index is 2.01. The molecule has 0 bridgehead atoms. The van der Waals surface area contributed by atoms with Crippen LogP contribution >= 0.6 is 11.8 Å². The van der Waals surface area contributed by atoms with Crippen LogP contribution in [0.1, 0.15) is 49.5 Å². The van der Waals surface area contributed by atoms with Crippen molar-refractivity contribution in [3.8, 4) is 0 Å². The van der Waals surface area contributed by atoms with Crippen molar-refractivity contribution in [1.82, 2.24) is 0 Å². The van der Waals surface area contributed by atoms with E-state index in [-0.39, 0.29) is 17.3 Å². The summed E-state index contributed by atoms with van der Waals surface area (Å²) in [6.45, 7) is 4.06. The lowest BCUT2D eigenvalue weighted by atomic mass is 9.73. The van der Waals surface area contributed by atoms with E-state index in [1.165, 1.54) is 17.0 Å². The van der Waals surface area contributed by atoms with Crippen LogP contribution < -0.4 is 0 Å². The number of carbonyl (C=O) groups is 1. The third-order valence-corrected chi connectivity index (χ3v) is 6.38. The van der Waals surface area contributed by atoms with E-state index in [0.717, 1.165) is 30.4 Å². The molecule has 1 heterocycles. The van der Waals surface area contributed by atoms with Crippen molar-refractivity contribution >= 4 is 17.7 Å². The van der Waals surface area contributed by atoms with Crippen molar-refractivity contribution in [2.24, 2.45) is 11.3 Å². The minimum absolute atomic E-state index is 0.116. The van der Waals surface area contributed by atoms with Crippen molar-refractivity contribution in [2.75, 3.05) is 0 Å². The van der Waals surface area contributed by atoms with Crippen LogP contribution in [0.2, 0.25) is 0 Å². The molecule has 1 aromatic rings. The summed E-state index contributed by atoms with van der Waals surface area (Å²) >= 11 is 1.59. The van der Waals surface area contributed by atoms with Crippen molar-refractivity contribution in [3.63, 3.8) is 0 Å². The van der Waals surface area contributed by atoms with Crippen LogP contribution in [0.3, 0.4) is 0 Å². The van der Waals surface area contributed by atoms with Crippen LogP contribution in [0.25, 0.3) is 0 Å². The topological polar surface area (TPSA) is 57.5 Å². The maximum atomic E-state index is 13.4. The first-order chi connectivity index (χ1) is 10.8. The number of aliphatic hydroxyl groups is 1. The highest BCUT2D eigenvalue weighted by Crippen LogP contribution is 2.59. The molecule has 0 saturated carbocycles. The summed E-state index contributed by atoms with van der Waals surface area (Å²) in [5.74, 6) is -1.84. The molecule has 0 spiro atoms. The molecule has 3 rings (SSSR count). The summed E-state index contributed by atoms with van der Waals surface area (Å²) in [5, 5.41) is 19.0. The average molecular weight is 336 g/mol. The van der Waals surface area contributed by atoms with Gasteiger partial charge in [-0.3, -0.25) is 4.79 Å². The zero-order chi connectivity index (χ0) is 16.8. The van der Waals surface area contributed by atoms with Gasteiger partial charge in [-0.2, -0.15) is 0 Å². The minimum Gasteiger partial charge on any atom is -0.481 e. The fraction of sp³-hybridized carbons (Fsp3) is 0.500. The molecule has 2 aliphatic rings. The van der Waals surface area contributed by atoms with Gasteiger partial charge in [-0.15, -0.1) is 11.8 Å². The molecule has 0 saturated heterocycles. The smallest absolute Gasteiger partial charge is 0.312 e. The number of aliphatic carboxylic acids is 1. The van der Waals surface area contributed by atoms with Crippen LogP contribution in [0.5, 0.6) is 0 Å². The van der Waals surface area contributed by atoms with Gasteiger partial charge in [0, 0.05) is 0 Å². The van der Waals surface area contributed by atoms with Gasteiger partial charge < -0.3 is 10.2 Å². The molecule has 1 aliphatic carbocycles. The molecule has 23 heavy (non-hydrogen) atoms. The van der Waals surface area contributed by atoms with Crippen LogP contribution in [0, 0.1) is 17.2 Å². The molecule has 0 aromatic heterocycles. The monoisotopic (exact) mass is 336 g/mol. The third kappa shape index (κ3) is 3.04. The predicted molar refractivity (Wildman–Crippen MR) is 88.4 cm³/mol. The zero-order valence-corrected chi connectivity index (χ0v) is 14.1. The minimum atomic E-state index is -0.835. The number of aliphatic hydroxyl groups excluding tert-OH is 1. The second kappa shape index (κ2) is 5.95. The van der Waals surface area contributed by atoms with Gasteiger partial charge in [0.15, 0.2) is 0 Å².